The van der Waals surface area contributed by atoms with Crippen LogP contribution in [0.25, 0.3) is 0 Å². The van der Waals surface area contributed by atoms with Gasteiger partial charge in [-0.3, -0.25) is 5.32 Å². The van der Waals surface area contributed by atoms with Crippen molar-refractivity contribution >= 4 is 0 Å². The molecule has 0 aromatic heterocycles. The van der Waals surface area contributed by atoms with Crippen molar-refractivity contribution in [3.63, 3.8) is 0 Å². The Labute approximate surface area is 92.8 Å². The first-order valence-electron chi connectivity index (χ1n) is 6.03. The molecule has 0 bridgehead atoms. The van der Waals surface area contributed by atoms with Crippen LogP contribution in [0.5, 0.6) is 0 Å². The summed E-state index contributed by atoms with van der Waals surface area (Å²) in [5, 5.41) is 12.2. The fourth-order valence-electron chi connectivity index (χ4n) is 1.60. The molecule has 0 aromatic carbocycles. The molecule has 0 aromatic rings. The van der Waals surface area contributed by atoms with E-state index in [1.165, 1.54) is 12.8 Å². The van der Waals surface area contributed by atoms with Crippen molar-refractivity contribution in [1.29, 1.82) is 5.26 Å². The summed E-state index contributed by atoms with van der Waals surface area (Å²) in [6, 6.07) is 2.87. The molecule has 0 amide bonds. The minimum Gasteiger partial charge on any atom is -0.378 e. The van der Waals surface area contributed by atoms with Gasteiger partial charge in [-0.1, -0.05) is 13.3 Å². The van der Waals surface area contributed by atoms with Gasteiger partial charge >= 0.3 is 0 Å². The standard InChI is InChI=1S/C12H22N2O/c1-3-4-10(2)15-8-7-12(9-13)14-11-5-6-11/h10-12,14H,3-8H2,1-2H3. The Balaban J connectivity index is 2.03. The Kier molecular flexibility index (Phi) is 5.67. The van der Waals surface area contributed by atoms with Crippen molar-refractivity contribution in [1.82, 2.24) is 5.32 Å². The van der Waals surface area contributed by atoms with E-state index in [1.54, 1.807) is 0 Å². The van der Waals surface area contributed by atoms with Gasteiger partial charge in [0.05, 0.1) is 18.2 Å². The van der Waals surface area contributed by atoms with Crippen molar-refractivity contribution < 1.29 is 4.74 Å². The monoisotopic (exact) mass is 210 g/mol. The molecule has 0 radical (unpaired) electrons. The molecule has 1 fully saturated rings. The van der Waals surface area contributed by atoms with Crippen molar-refractivity contribution in [2.45, 2.75) is 64.1 Å². The minimum atomic E-state index is -0.0219. The highest BCUT2D eigenvalue weighted by Gasteiger charge is 2.24. The first-order chi connectivity index (χ1) is 7.26. The van der Waals surface area contributed by atoms with Gasteiger partial charge in [0.1, 0.15) is 0 Å². The van der Waals surface area contributed by atoms with Gasteiger partial charge < -0.3 is 4.74 Å². The van der Waals surface area contributed by atoms with Crippen LogP contribution in [-0.2, 0) is 4.74 Å². The summed E-state index contributed by atoms with van der Waals surface area (Å²) < 4.78 is 5.63. The fraction of sp³-hybridized carbons (Fsp3) is 0.917. The van der Waals surface area contributed by atoms with Crippen molar-refractivity contribution in [3.8, 4) is 6.07 Å². The van der Waals surface area contributed by atoms with E-state index < -0.39 is 0 Å². The van der Waals surface area contributed by atoms with Crippen LogP contribution in [0.3, 0.4) is 0 Å². The number of ether oxygens (including phenoxy) is 1. The molecule has 0 aliphatic heterocycles. The Bertz CT molecular complexity index is 208. The molecule has 0 spiro atoms. The molecule has 2 unspecified atom stereocenters. The largest absolute Gasteiger partial charge is 0.378 e. The molecule has 1 aliphatic carbocycles. The summed E-state index contributed by atoms with van der Waals surface area (Å²) in [6.45, 7) is 4.95. The van der Waals surface area contributed by atoms with Crippen molar-refractivity contribution in [3.05, 3.63) is 0 Å². The lowest BCUT2D eigenvalue weighted by molar-refractivity contribution is 0.0558. The third-order valence-electron chi connectivity index (χ3n) is 2.67. The maximum atomic E-state index is 8.90. The van der Waals surface area contributed by atoms with E-state index in [0.717, 1.165) is 19.3 Å². The molecule has 15 heavy (non-hydrogen) atoms. The highest BCUT2D eigenvalue weighted by Crippen LogP contribution is 2.19. The zero-order chi connectivity index (χ0) is 11.1. The summed E-state index contributed by atoms with van der Waals surface area (Å²) in [4.78, 5) is 0. The molecule has 2 atom stereocenters. The van der Waals surface area contributed by atoms with Crippen LogP contribution in [-0.4, -0.2) is 24.8 Å². The van der Waals surface area contributed by atoms with Crippen LogP contribution in [0.1, 0.15) is 46.0 Å². The first-order valence-corrected chi connectivity index (χ1v) is 6.03. The molecular formula is C12H22N2O. The van der Waals surface area contributed by atoms with Gasteiger partial charge in [-0.2, -0.15) is 5.26 Å². The first kappa shape index (κ1) is 12.5. The smallest absolute Gasteiger partial charge is 0.0977 e. The van der Waals surface area contributed by atoms with E-state index in [1.807, 2.05) is 0 Å². The number of nitriles is 1. The van der Waals surface area contributed by atoms with Crippen LogP contribution < -0.4 is 5.32 Å². The second kappa shape index (κ2) is 6.81. The maximum Gasteiger partial charge on any atom is 0.0977 e. The van der Waals surface area contributed by atoms with Gasteiger partial charge in [-0.15, -0.1) is 0 Å². The Morgan fingerprint density at radius 2 is 2.20 bits per heavy atom. The zero-order valence-electron chi connectivity index (χ0n) is 9.83. The Morgan fingerprint density at radius 3 is 2.73 bits per heavy atom. The number of rotatable bonds is 8. The molecule has 0 saturated heterocycles. The van der Waals surface area contributed by atoms with Gasteiger partial charge in [-0.25, -0.2) is 0 Å². The number of nitrogens with one attached hydrogen (secondary N) is 1. The highest BCUT2D eigenvalue weighted by atomic mass is 16.5. The van der Waals surface area contributed by atoms with Gasteiger partial charge in [0.2, 0.25) is 0 Å². The fourth-order valence-corrected chi connectivity index (χ4v) is 1.60. The second-order valence-electron chi connectivity index (χ2n) is 4.38. The summed E-state index contributed by atoms with van der Waals surface area (Å²) >= 11 is 0. The van der Waals surface area contributed by atoms with Crippen LogP contribution >= 0.6 is 0 Å². The van der Waals surface area contributed by atoms with E-state index in [-0.39, 0.29) is 6.04 Å². The highest BCUT2D eigenvalue weighted by molar-refractivity contribution is 4.95. The SMILES string of the molecule is CCCC(C)OCCC(C#N)NC1CC1. The number of hydrogen-bond donors (Lipinski definition) is 1. The van der Waals surface area contributed by atoms with Gasteiger partial charge in [0.15, 0.2) is 0 Å². The van der Waals surface area contributed by atoms with E-state index in [2.05, 4.69) is 25.2 Å². The molecule has 3 nitrogen and oxygen atoms in total. The quantitative estimate of drug-likeness (QED) is 0.668. The predicted octanol–water partition coefficient (Wildman–Crippen LogP) is 2.23. The van der Waals surface area contributed by atoms with Gasteiger partial charge in [0.25, 0.3) is 0 Å². The molecule has 3 heteroatoms. The lowest BCUT2D eigenvalue weighted by Crippen LogP contribution is -2.31. The molecule has 1 N–H and O–H groups in total. The summed E-state index contributed by atoms with van der Waals surface area (Å²) in [7, 11) is 0. The van der Waals surface area contributed by atoms with E-state index in [9.17, 15) is 0 Å². The van der Waals surface area contributed by atoms with Crippen LogP contribution in [0, 0.1) is 11.3 Å². The summed E-state index contributed by atoms with van der Waals surface area (Å²) in [6.07, 6.45) is 5.85. The average Bonchev–Trinajstić information content (AvgIpc) is 3.00. The topological polar surface area (TPSA) is 45.0 Å². The third-order valence-corrected chi connectivity index (χ3v) is 2.67. The van der Waals surface area contributed by atoms with Gasteiger partial charge in [-0.05, 0) is 32.6 Å². The molecule has 1 aliphatic rings. The van der Waals surface area contributed by atoms with Crippen LogP contribution in [0.2, 0.25) is 0 Å². The minimum absolute atomic E-state index is 0.0219. The number of nitrogens with zero attached hydrogens (tertiary/aromatic N) is 1. The van der Waals surface area contributed by atoms with Crippen LogP contribution in [0.4, 0.5) is 0 Å². The lowest BCUT2D eigenvalue weighted by atomic mass is 10.2. The van der Waals surface area contributed by atoms with E-state index >= 15 is 0 Å². The second-order valence-corrected chi connectivity index (χ2v) is 4.38. The third kappa shape index (κ3) is 5.76. The van der Waals surface area contributed by atoms with Gasteiger partial charge in [0, 0.05) is 12.6 Å². The van der Waals surface area contributed by atoms with E-state index in [0.29, 0.717) is 18.8 Å². The number of hydrogen-bond acceptors (Lipinski definition) is 3. The molecule has 86 valence electrons. The molecule has 1 rings (SSSR count). The summed E-state index contributed by atoms with van der Waals surface area (Å²) in [5.74, 6) is 0. The summed E-state index contributed by atoms with van der Waals surface area (Å²) in [5.41, 5.74) is 0. The lowest BCUT2D eigenvalue weighted by Gasteiger charge is -2.14. The predicted molar refractivity (Wildman–Crippen MR) is 60.5 cm³/mol. The Hall–Kier alpha value is -0.590. The Morgan fingerprint density at radius 1 is 1.47 bits per heavy atom. The molecule has 0 heterocycles. The van der Waals surface area contributed by atoms with E-state index in [4.69, 9.17) is 10.00 Å². The maximum absolute atomic E-state index is 8.90. The normalized spacial score (nSPS) is 19.5. The van der Waals surface area contributed by atoms with Crippen molar-refractivity contribution in [2.75, 3.05) is 6.61 Å². The molecular weight excluding hydrogens is 188 g/mol. The molecule has 1 saturated carbocycles. The zero-order valence-corrected chi connectivity index (χ0v) is 9.83. The van der Waals surface area contributed by atoms with Crippen LogP contribution in [0.15, 0.2) is 0 Å². The average molecular weight is 210 g/mol. The van der Waals surface area contributed by atoms with Crippen molar-refractivity contribution in [2.24, 2.45) is 0 Å².